The van der Waals surface area contributed by atoms with E-state index in [1.165, 1.54) is 0 Å². The molecule has 112 valence electrons. The van der Waals surface area contributed by atoms with Crippen LogP contribution in [-0.4, -0.2) is 29.1 Å². The molecule has 3 rings (SSSR count). The first kappa shape index (κ1) is 14.3. The second kappa shape index (κ2) is 6.43. The van der Waals surface area contributed by atoms with Crippen molar-refractivity contribution in [2.75, 3.05) is 13.1 Å². The maximum absolute atomic E-state index is 12.3. The van der Waals surface area contributed by atoms with Crippen molar-refractivity contribution in [2.24, 2.45) is 0 Å². The SMILES string of the molecule is Cc1ccc(C2=CCCN(C(=O)Oc3ccccc3)C2)nc1. The van der Waals surface area contributed by atoms with Crippen molar-refractivity contribution in [1.82, 2.24) is 9.88 Å². The summed E-state index contributed by atoms with van der Waals surface area (Å²) >= 11 is 0. The predicted molar refractivity (Wildman–Crippen MR) is 85.6 cm³/mol. The molecule has 4 nitrogen and oxygen atoms in total. The summed E-state index contributed by atoms with van der Waals surface area (Å²) < 4.78 is 5.40. The van der Waals surface area contributed by atoms with E-state index in [9.17, 15) is 4.79 Å². The van der Waals surface area contributed by atoms with E-state index in [4.69, 9.17) is 4.74 Å². The number of amides is 1. The van der Waals surface area contributed by atoms with Crippen LogP contribution < -0.4 is 4.74 Å². The van der Waals surface area contributed by atoms with Gasteiger partial charge in [-0.15, -0.1) is 0 Å². The molecule has 0 N–H and O–H groups in total. The molecule has 1 aliphatic rings. The van der Waals surface area contributed by atoms with E-state index in [-0.39, 0.29) is 6.09 Å². The molecule has 1 aliphatic heterocycles. The summed E-state index contributed by atoms with van der Waals surface area (Å²) in [6.07, 6.45) is 4.49. The van der Waals surface area contributed by atoms with Crippen LogP contribution in [0.25, 0.3) is 5.57 Å². The highest BCUT2D eigenvalue weighted by molar-refractivity contribution is 5.75. The maximum Gasteiger partial charge on any atom is 0.415 e. The first-order valence-corrected chi connectivity index (χ1v) is 7.36. The smallest absolute Gasteiger partial charge is 0.410 e. The molecule has 1 aromatic heterocycles. The Morgan fingerprint density at radius 2 is 2.00 bits per heavy atom. The Morgan fingerprint density at radius 1 is 1.18 bits per heavy atom. The lowest BCUT2D eigenvalue weighted by Gasteiger charge is -2.26. The molecular weight excluding hydrogens is 276 g/mol. The number of rotatable bonds is 2. The molecule has 2 heterocycles. The van der Waals surface area contributed by atoms with Gasteiger partial charge in [0.05, 0.1) is 12.2 Å². The van der Waals surface area contributed by atoms with Crippen LogP contribution in [0.3, 0.4) is 0 Å². The van der Waals surface area contributed by atoms with Gasteiger partial charge >= 0.3 is 6.09 Å². The van der Waals surface area contributed by atoms with E-state index >= 15 is 0 Å². The lowest BCUT2D eigenvalue weighted by molar-refractivity contribution is 0.157. The van der Waals surface area contributed by atoms with Crippen molar-refractivity contribution in [3.05, 3.63) is 66.0 Å². The molecule has 0 fully saturated rings. The fourth-order valence-electron chi connectivity index (χ4n) is 2.40. The van der Waals surface area contributed by atoms with E-state index in [2.05, 4.69) is 11.1 Å². The van der Waals surface area contributed by atoms with Gasteiger partial charge in [-0.3, -0.25) is 4.98 Å². The number of hydrogen-bond acceptors (Lipinski definition) is 3. The number of aromatic nitrogens is 1. The summed E-state index contributed by atoms with van der Waals surface area (Å²) in [7, 11) is 0. The Morgan fingerprint density at radius 3 is 2.73 bits per heavy atom. The normalized spacial score (nSPS) is 14.4. The molecule has 0 radical (unpaired) electrons. The summed E-state index contributed by atoms with van der Waals surface area (Å²) in [5.41, 5.74) is 3.11. The number of pyridine rings is 1. The average molecular weight is 294 g/mol. The van der Waals surface area contributed by atoms with E-state index in [1.54, 1.807) is 17.0 Å². The summed E-state index contributed by atoms with van der Waals surface area (Å²) in [6.45, 7) is 3.21. The summed E-state index contributed by atoms with van der Waals surface area (Å²) in [4.78, 5) is 18.4. The van der Waals surface area contributed by atoms with Crippen LogP contribution in [0.5, 0.6) is 5.75 Å². The molecule has 0 saturated heterocycles. The molecule has 0 bridgehead atoms. The molecule has 0 unspecified atom stereocenters. The van der Waals surface area contributed by atoms with Crippen LogP contribution in [0, 0.1) is 6.92 Å². The Hall–Kier alpha value is -2.62. The quantitative estimate of drug-likeness (QED) is 0.848. The van der Waals surface area contributed by atoms with Crippen molar-refractivity contribution in [3.8, 4) is 5.75 Å². The first-order chi connectivity index (χ1) is 10.7. The predicted octanol–water partition coefficient (Wildman–Crippen LogP) is 3.68. The fraction of sp³-hybridized carbons (Fsp3) is 0.222. The maximum atomic E-state index is 12.3. The van der Waals surface area contributed by atoms with Crippen LogP contribution >= 0.6 is 0 Å². The van der Waals surface area contributed by atoms with E-state index in [0.717, 1.165) is 23.3 Å². The monoisotopic (exact) mass is 294 g/mol. The Kier molecular flexibility index (Phi) is 4.19. The van der Waals surface area contributed by atoms with Gasteiger partial charge in [-0.2, -0.15) is 0 Å². The lowest BCUT2D eigenvalue weighted by Crippen LogP contribution is -2.37. The number of aryl methyl sites for hydroxylation is 1. The highest BCUT2D eigenvalue weighted by Crippen LogP contribution is 2.20. The summed E-state index contributed by atoms with van der Waals surface area (Å²) in [5.74, 6) is 0.567. The van der Waals surface area contributed by atoms with Gasteiger partial charge < -0.3 is 9.64 Å². The van der Waals surface area contributed by atoms with E-state index < -0.39 is 0 Å². The van der Waals surface area contributed by atoms with Gasteiger partial charge in [-0.05, 0) is 42.7 Å². The van der Waals surface area contributed by atoms with Gasteiger partial charge in [-0.25, -0.2) is 4.79 Å². The van der Waals surface area contributed by atoms with Crippen LogP contribution in [0.2, 0.25) is 0 Å². The molecule has 2 aromatic rings. The van der Waals surface area contributed by atoms with Crippen molar-refractivity contribution in [3.63, 3.8) is 0 Å². The van der Waals surface area contributed by atoms with Crippen molar-refractivity contribution >= 4 is 11.7 Å². The van der Waals surface area contributed by atoms with Crippen LogP contribution in [-0.2, 0) is 0 Å². The highest BCUT2D eigenvalue weighted by atomic mass is 16.6. The molecule has 0 spiro atoms. The minimum Gasteiger partial charge on any atom is -0.410 e. The van der Waals surface area contributed by atoms with Crippen LogP contribution in [0.4, 0.5) is 4.79 Å². The van der Waals surface area contributed by atoms with Crippen molar-refractivity contribution < 1.29 is 9.53 Å². The molecule has 4 heteroatoms. The van der Waals surface area contributed by atoms with Gasteiger partial charge in [0.1, 0.15) is 5.75 Å². The largest absolute Gasteiger partial charge is 0.415 e. The number of nitrogens with zero attached hydrogens (tertiary/aromatic N) is 2. The second-order valence-electron chi connectivity index (χ2n) is 5.34. The minimum atomic E-state index is -0.316. The molecular formula is C18H18N2O2. The average Bonchev–Trinajstić information content (AvgIpc) is 2.56. The topological polar surface area (TPSA) is 42.4 Å². The second-order valence-corrected chi connectivity index (χ2v) is 5.34. The van der Waals surface area contributed by atoms with Gasteiger partial charge in [0.15, 0.2) is 0 Å². The zero-order valence-corrected chi connectivity index (χ0v) is 12.5. The summed E-state index contributed by atoms with van der Waals surface area (Å²) in [6, 6.07) is 13.2. The third kappa shape index (κ3) is 3.34. The van der Waals surface area contributed by atoms with Gasteiger partial charge in [0.25, 0.3) is 0 Å². The molecule has 22 heavy (non-hydrogen) atoms. The van der Waals surface area contributed by atoms with Crippen molar-refractivity contribution in [1.29, 1.82) is 0 Å². The van der Waals surface area contributed by atoms with Crippen LogP contribution in [0.15, 0.2) is 54.7 Å². The van der Waals surface area contributed by atoms with E-state index in [0.29, 0.717) is 18.8 Å². The third-order valence-corrected chi connectivity index (χ3v) is 3.60. The van der Waals surface area contributed by atoms with Gasteiger partial charge in [0, 0.05) is 12.7 Å². The number of ether oxygens (including phenoxy) is 1. The number of hydrogen-bond donors (Lipinski definition) is 0. The third-order valence-electron chi connectivity index (χ3n) is 3.60. The molecule has 0 aliphatic carbocycles. The first-order valence-electron chi connectivity index (χ1n) is 7.36. The van der Waals surface area contributed by atoms with Gasteiger partial charge in [-0.1, -0.05) is 30.3 Å². The highest BCUT2D eigenvalue weighted by Gasteiger charge is 2.21. The van der Waals surface area contributed by atoms with Crippen molar-refractivity contribution in [2.45, 2.75) is 13.3 Å². The minimum absolute atomic E-state index is 0.316. The zero-order chi connectivity index (χ0) is 15.4. The van der Waals surface area contributed by atoms with Gasteiger partial charge in [0.2, 0.25) is 0 Å². The zero-order valence-electron chi connectivity index (χ0n) is 12.5. The Labute approximate surface area is 130 Å². The standard InChI is InChI=1S/C18H18N2O2/c1-14-9-10-17(19-12-14)15-6-5-11-20(13-15)18(21)22-16-7-3-2-4-8-16/h2-4,6-10,12H,5,11,13H2,1H3. The number of para-hydroxylation sites is 1. The Bertz CT molecular complexity index is 678. The van der Waals surface area contributed by atoms with E-state index in [1.807, 2.05) is 43.5 Å². The molecule has 1 aromatic carbocycles. The number of carbonyl (C=O) groups excluding carboxylic acids is 1. The molecule has 1 amide bonds. The van der Waals surface area contributed by atoms with Crippen LogP contribution in [0.1, 0.15) is 17.7 Å². The molecule has 0 saturated carbocycles. The lowest BCUT2D eigenvalue weighted by atomic mass is 10.1. The molecule has 0 atom stereocenters. The fourth-order valence-corrected chi connectivity index (χ4v) is 2.40. The Balaban J connectivity index is 1.68. The number of benzene rings is 1. The summed E-state index contributed by atoms with van der Waals surface area (Å²) in [5, 5.41) is 0. The number of carbonyl (C=O) groups is 1.